The van der Waals surface area contributed by atoms with E-state index in [4.69, 9.17) is 5.73 Å². The maximum atomic E-state index is 12.2. The number of rotatable bonds is 3. The highest BCUT2D eigenvalue weighted by Gasteiger charge is 2.18. The molecule has 1 heterocycles. The molecule has 0 unspecified atom stereocenters. The van der Waals surface area contributed by atoms with Crippen LogP contribution in [0.25, 0.3) is 0 Å². The molecule has 0 saturated carbocycles. The van der Waals surface area contributed by atoms with Crippen LogP contribution in [0.15, 0.2) is 16.6 Å². The third kappa shape index (κ3) is 3.97. The second-order valence-corrected chi connectivity index (χ2v) is 6.21. The van der Waals surface area contributed by atoms with Crippen molar-refractivity contribution in [3.05, 3.63) is 27.7 Å². The van der Waals surface area contributed by atoms with E-state index in [1.54, 1.807) is 19.1 Å². The summed E-state index contributed by atoms with van der Waals surface area (Å²) in [6.45, 7) is 3.41. The average Bonchev–Trinajstić information content (AvgIpc) is 2.49. The van der Waals surface area contributed by atoms with E-state index in [-0.39, 0.29) is 18.4 Å². The van der Waals surface area contributed by atoms with Gasteiger partial charge in [0.25, 0.3) is 5.91 Å². The summed E-state index contributed by atoms with van der Waals surface area (Å²) in [5.74, 6) is -0.297. The number of piperidine rings is 1. The molecule has 6 heteroatoms. The van der Waals surface area contributed by atoms with Crippen molar-refractivity contribution in [2.75, 3.05) is 25.4 Å². The molecule has 2 amide bonds. The minimum atomic E-state index is -0.272. The quantitative estimate of drug-likeness (QED) is 0.816. The lowest BCUT2D eigenvalue weighted by atomic mass is 10.1. The first-order valence-electron chi connectivity index (χ1n) is 7.10. The summed E-state index contributed by atoms with van der Waals surface area (Å²) in [4.78, 5) is 26.0. The standard InChI is InChI=1S/C15H20BrN3O2/c1-10-12(7-11(16)8-13(10)17)15(21)18-9-14(20)19-5-3-2-4-6-19/h7-8H,2-6,9,17H2,1H3,(H,18,21). The molecule has 1 fully saturated rings. The Bertz CT molecular complexity index is 554. The van der Waals surface area contributed by atoms with E-state index in [9.17, 15) is 9.59 Å². The van der Waals surface area contributed by atoms with Crippen LogP contribution in [0.1, 0.15) is 35.2 Å². The van der Waals surface area contributed by atoms with E-state index >= 15 is 0 Å². The Morgan fingerprint density at radius 2 is 1.95 bits per heavy atom. The van der Waals surface area contributed by atoms with Crippen LogP contribution in [0.4, 0.5) is 5.69 Å². The van der Waals surface area contributed by atoms with Crippen molar-refractivity contribution in [2.45, 2.75) is 26.2 Å². The van der Waals surface area contributed by atoms with Crippen LogP contribution in [-0.4, -0.2) is 36.3 Å². The summed E-state index contributed by atoms with van der Waals surface area (Å²) in [6.07, 6.45) is 3.26. The molecule has 0 bridgehead atoms. The van der Waals surface area contributed by atoms with E-state index in [1.807, 2.05) is 4.90 Å². The van der Waals surface area contributed by atoms with Gasteiger partial charge in [-0.1, -0.05) is 15.9 Å². The van der Waals surface area contributed by atoms with Gasteiger partial charge in [-0.25, -0.2) is 0 Å². The molecular formula is C15H20BrN3O2. The largest absolute Gasteiger partial charge is 0.398 e. The number of halogens is 1. The van der Waals surface area contributed by atoms with Crippen LogP contribution in [0.3, 0.4) is 0 Å². The number of anilines is 1. The predicted molar refractivity (Wildman–Crippen MR) is 86.1 cm³/mol. The van der Waals surface area contributed by atoms with Crippen molar-refractivity contribution >= 4 is 33.4 Å². The molecule has 2 rings (SSSR count). The van der Waals surface area contributed by atoms with Crippen LogP contribution in [0.2, 0.25) is 0 Å². The number of likely N-dealkylation sites (tertiary alicyclic amines) is 1. The number of amides is 2. The third-order valence-electron chi connectivity index (χ3n) is 3.77. The lowest BCUT2D eigenvalue weighted by molar-refractivity contribution is -0.130. The summed E-state index contributed by atoms with van der Waals surface area (Å²) in [6, 6.07) is 3.47. The molecule has 0 atom stereocenters. The second-order valence-electron chi connectivity index (χ2n) is 5.29. The molecule has 114 valence electrons. The minimum Gasteiger partial charge on any atom is -0.398 e. The monoisotopic (exact) mass is 353 g/mol. The van der Waals surface area contributed by atoms with Gasteiger partial charge in [-0.05, 0) is 43.9 Å². The van der Waals surface area contributed by atoms with E-state index < -0.39 is 0 Å². The second kappa shape index (κ2) is 6.93. The summed E-state index contributed by atoms with van der Waals surface area (Å²) >= 11 is 3.32. The number of hydrogen-bond donors (Lipinski definition) is 2. The molecule has 5 nitrogen and oxygen atoms in total. The van der Waals surface area contributed by atoms with Gasteiger partial charge in [0.1, 0.15) is 0 Å². The van der Waals surface area contributed by atoms with Gasteiger partial charge in [0.15, 0.2) is 0 Å². The van der Waals surface area contributed by atoms with Crippen molar-refractivity contribution in [1.82, 2.24) is 10.2 Å². The van der Waals surface area contributed by atoms with Crippen LogP contribution < -0.4 is 11.1 Å². The van der Waals surface area contributed by atoms with Crippen LogP contribution in [0.5, 0.6) is 0 Å². The third-order valence-corrected chi connectivity index (χ3v) is 4.22. The Balaban J connectivity index is 1.97. The van der Waals surface area contributed by atoms with Crippen molar-refractivity contribution in [2.24, 2.45) is 0 Å². The molecule has 1 aromatic rings. The Labute approximate surface area is 133 Å². The van der Waals surface area contributed by atoms with E-state index in [1.165, 1.54) is 6.42 Å². The number of nitrogen functional groups attached to an aromatic ring is 1. The topological polar surface area (TPSA) is 75.4 Å². The molecule has 1 saturated heterocycles. The number of hydrogen-bond acceptors (Lipinski definition) is 3. The summed E-state index contributed by atoms with van der Waals surface area (Å²) in [7, 11) is 0. The van der Waals surface area contributed by atoms with Crippen molar-refractivity contribution in [3.63, 3.8) is 0 Å². The molecule has 1 aromatic carbocycles. The molecule has 0 aliphatic carbocycles. The molecule has 21 heavy (non-hydrogen) atoms. The van der Waals surface area contributed by atoms with Gasteiger partial charge in [-0.2, -0.15) is 0 Å². The molecule has 0 spiro atoms. The smallest absolute Gasteiger partial charge is 0.252 e. The fourth-order valence-corrected chi connectivity index (χ4v) is 2.92. The first-order chi connectivity index (χ1) is 9.99. The highest BCUT2D eigenvalue weighted by molar-refractivity contribution is 9.10. The van der Waals surface area contributed by atoms with Crippen LogP contribution >= 0.6 is 15.9 Å². The lowest BCUT2D eigenvalue weighted by Gasteiger charge is -2.26. The average molecular weight is 354 g/mol. The Morgan fingerprint density at radius 3 is 2.62 bits per heavy atom. The SMILES string of the molecule is Cc1c(N)cc(Br)cc1C(=O)NCC(=O)N1CCCCC1. The zero-order valence-electron chi connectivity index (χ0n) is 12.1. The van der Waals surface area contributed by atoms with Gasteiger partial charge in [-0.3, -0.25) is 9.59 Å². The van der Waals surface area contributed by atoms with Gasteiger partial charge in [0.2, 0.25) is 5.91 Å². The Kier molecular flexibility index (Phi) is 5.22. The maximum absolute atomic E-state index is 12.2. The van der Waals surface area contributed by atoms with Crippen molar-refractivity contribution in [3.8, 4) is 0 Å². The van der Waals surface area contributed by atoms with Gasteiger partial charge >= 0.3 is 0 Å². The Hall–Kier alpha value is -1.56. The number of benzene rings is 1. The summed E-state index contributed by atoms with van der Waals surface area (Å²) < 4.78 is 0.748. The Morgan fingerprint density at radius 1 is 1.29 bits per heavy atom. The van der Waals surface area contributed by atoms with Gasteiger partial charge in [0, 0.05) is 28.8 Å². The first kappa shape index (κ1) is 15.8. The molecular weight excluding hydrogens is 334 g/mol. The maximum Gasteiger partial charge on any atom is 0.252 e. The van der Waals surface area contributed by atoms with Gasteiger partial charge in [0.05, 0.1) is 6.54 Å². The van der Waals surface area contributed by atoms with E-state index in [2.05, 4.69) is 21.2 Å². The first-order valence-corrected chi connectivity index (χ1v) is 7.90. The fourth-order valence-electron chi connectivity index (χ4n) is 2.44. The van der Waals surface area contributed by atoms with Gasteiger partial charge in [-0.15, -0.1) is 0 Å². The van der Waals surface area contributed by atoms with Crippen LogP contribution in [0, 0.1) is 6.92 Å². The number of carbonyl (C=O) groups excluding carboxylic acids is 2. The molecule has 0 aromatic heterocycles. The fraction of sp³-hybridized carbons (Fsp3) is 0.467. The molecule has 1 aliphatic heterocycles. The number of nitrogens with one attached hydrogen (secondary N) is 1. The normalized spacial score (nSPS) is 14.9. The number of nitrogens with zero attached hydrogens (tertiary/aromatic N) is 1. The van der Waals surface area contributed by atoms with Crippen molar-refractivity contribution in [1.29, 1.82) is 0 Å². The zero-order chi connectivity index (χ0) is 15.4. The zero-order valence-corrected chi connectivity index (χ0v) is 13.7. The van der Waals surface area contributed by atoms with E-state index in [0.29, 0.717) is 11.3 Å². The molecule has 1 aliphatic rings. The summed E-state index contributed by atoms with van der Waals surface area (Å²) in [5, 5.41) is 2.68. The van der Waals surface area contributed by atoms with Crippen LogP contribution in [-0.2, 0) is 4.79 Å². The number of carbonyl (C=O) groups is 2. The van der Waals surface area contributed by atoms with Gasteiger partial charge < -0.3 is 16.0 Å². The summed E-state index contributed by atoms with van der Waals surface area (Å²) in [5.41, 5.74) is 7.62. The minimum absolute atomic E-state index is 0.0244. The molecule has 3 N–H and O–H groups in total. The van der Waals surface area contributed by atoms with E-state index in [0.717, 1.165) is 36.0 Å². The van der Waals surface area contributed by atoms with Crippen molar-refractivity contribution < 1.29 is 9.59 Å². The number of nitrogens with two attached hydrogens (primary N) is 1. The highest BCUT2D eigenvalue weighted by atomic mass is 79.9. The highest BCUT2D eigenvalue weighted by Crippen LogP contribution is 2.22. The lowest BCUT2D eigenvalue weighted by Crippen LogP contribution is -2.42. The predicted octanol–water partition coefficient (Wildman–Crippen LogP) is 2.08. The molecule has 0 radical (unpaired) electrons.